The average molecular weight is 401 g/mol. The minimum absolute atomic E-state index is 0. The van der Waals surface area contributed by atoms with Crippen LogP contribution in [0.15, 0.2) is 15.8 Å². The first-order chi connectivity index (χ1) is 11.7. The number of hydrogen-bond donors (Lipinski definition) is 2. The third-order valence-corrected chi connectivity index (χ3v) is 3.80. The number of nitrogens with zero attached hydrogens (tertiary/aromatic N) is 2. The molecule has 2 heterocycles. The summed E-state index contributed by atoms with van der Waals surface area (Å²) in [4.78, 5) is 47.8. The Bertz CT molecular complexity index is 764. The second-order valence-corrected chi connectivity index (χ2v) is 5.82. The van der Waals surface area contributed by atoms with Crippen LogP contribution in [-0.4, -0.2) is 63.3 Å². The van der Waals surface area contributed by atoms with Crippen LogP contribution in [-0.2, 0) is 14.3 Å². The van der Waals surface area contributed by atoms with E-state index in [1.165, 1.54) is 13.1 Å². The van der Waals surface area contributed by atoms with Gasteiger partial charge in [-0.1, -0.05) is 0 Å². The number of aromatic amines is 1. The maximum Gasteiger partial charge on any atom is 1.00 e. The van der Waals surface area contributed by atoms with Crippen LogP contribution in [0.3, 0.4) is 0 Å². The SMILES string of the molecule is Cc1cn([C@H]2C[C@H](O)[C@@H](CN(CC(=O)[O-])CC(=O)[O-])O2)c(=O)[nH]c1=O.[Na+].[Na+]. The molecule has 0 saturated carbocycles. The molecule has 0 aromatic carbocycles. The number of aliphatic carboxylic acids is 2. The molecule has 1 aliphatic heterocycles. The Balaban J connectivity index is 0.00000338. The van der Waals surface area contributed by atoms with Gasteiger partial charge in [0.2, 0.25) is 0 Å². The predicted molar refractivity (Wildman–Crippen MR) is 77.0 cm³/mol. The number of aliphatic hydroxyl groups excluding tert-OH is 1. The number of aromatic nitrogens is 2. The Morgan fingerprint density at radius 3 is 2.37 bits per heavy atom. The van der Waals surface area contributed by atoms with Crippen molar-refractivity contribution in [3.63, 3.8) is 0 Å². The molecule has 0 radical (unpaired) electrons. The molecule has 0 aliphatic carbocycles. The largest absolute Gasteiger partial charge is 1.00 e. The summed E-state index contributed by atoms with van der Waals surface area (Å²) >= 11 is 0. The van der Waals surface area contributed by atoms with E-state index in [1.807, 2.05) is 0 Å². The molecule has 0 amide bonds. The van der Waals surface area contributed by atoms with Crippen LogP contribution in [0.25, 0.3) is 0 Å². The predicted octanol–water partition coefficient (Wildman–Crippen LogP) is -10.7. The van der Waals surface area contributed by atoms with Crippen LogP contribution in [0.4, 0.5) is 0 Å². The van der Waals surface area contributed by atoms with Crippen LogP contribution in [0.1, 0.15) is 18.2 Å². The molecule has 0 unspecified atom stereocenters. The molecule has 3 atom stereocenters. The van der Waals surface area contributed by atoms with E-state index in [-0.39, 0.29) is 77.6 Å². The summed E-state index contributed by atoms with van der Waals surface area (Å²) in [5.41, 5.74) is -0.975. The average Bonchev–Trinajstić information content (AvgIpc) is 2.82. The van der Waals surface area contributed by atoms with Gasteiger partial charge in [-0.15, -0.1) is 0 Å². The third-order valence-electron chi connectivity index (χ3n) is 3.80. The summed E-state index contributed by atoms with van der Waals surface area (Å²) in [5, 5.41) is 31.5. The van der Waals surface area contributed by atoms with Crippen molar-refractivity contribution in [1.82, 2.24) is 14.5 Å². The molecule has 0 spiro atoms. The van der Waals surface area contributed by atoms with Gasteiger partial charge in [0.1, 0.15) is 6.23 Å². The zero-order valence-corrected chi connectivity index (χ0v) is 19.3. The Labute approximate surface area is 197 Å². The van der Waals surface area contributed by atoms with Crippen LogP contribution in [0, 0.1) is 6.92 Å². The summed E-state index contributed by atoms with van der Waals surface area (Å²) in [6.45, 7) is -0.0678. The van der Waals surface area contributed by atoms with E-state index in [4.69, 9.17) is 4.74 Å². The fourth-order valence-corrected chi connectivity index (χ4v) is 2.65. The van der Waals surface area contributed by atoms with Gasteiger partial charge in [0.25, 0.3) is 5.56 Å². The van der Waals surface area contributed by atoms with Crippen LogP contribution in [0.5, 0.6) is 0 Å². The molecule has 0 bridgehead atoms. The van der Waals surface area contributed by atoms with Crippen molar-refractivity contribution in [2.45, 2.75) is 31.8 Å². The number of ether oxygens (including phenoxy) is 1. The molecule has 1 fully saturated rings. The minimum Gasteiger partial charge on any atom is -0.549 e. The molecular weight excluding hydrogens is 384 g/mol. The summed E-state index contributed by atoms with van der Waals surface area (Å²) in [5.74, 6) is -2.98. The fourth-order valence-electron chi connectivity index (χ4n) is 2.65. The van der Waals surface area contributed by atoms with Gasteiger partial charge in [-0.3, -0.25) is 19.2 Å². The molecule has 27 heavy (non-hydrogen) atoms. The third kappa shape index (κ3) is 7.44. The topological polar surface area (TPSA) is 168 Å². The fraction of sp³-hybridized carbons (Fsp3) is 0.571. The molecule has 1 aromatic rings. The van der Waals surface area contributed by atoms with E-state index in [2.05, 4.69) is 4.98 Å². The Morgan fingerprint density at radius 1 is 1.30 bits per heavy atom. The van der Waals surface area contributed by atoms with Crippen LogP contribution in [0.2, 0.25) is 0 Å². The second-order valence-electron chi connectivity index (χ2n) is 5.82. The van der Waals surface area contributed by atoms with Gasteiger partial charge in [-0.25, -0.2) is 4.79 Å². The molecule has 2 N–H and O–H groups in total. The number of nitrogens with one attached hydrogen (secondary N) is 1. The molecule has 1 saturated heterocycles. The number of carbonyl (C=O) groups excluding carboxylic acids is 2. The zero-order valence-electron chi connectivity index (χ0n) is 15.3. The van der Waals surface area contributed by atoms with E-state index in [9.17, 15) is 34.5 Å². The Kier molecular flexibility index (Phi) is 11.3. The van der Waals surface area contributed by atoms with Crippen molar-refractivity contribution in [2.24, 2.45) is 0 Å². The Hall–Kier alpha value is -0.500. The first-order valence-corrected chi connectivity index (χ1v) is 7.45. The first-order valence-electron chi connectivity index (χ1n) is 7.45. The van der Waals surface area contributed by atoms with Crippen molar-refractivity contribution in [2.75, 3.05) is 19.6 Å². The number of aryl methyl sites for hydroxylation is 1. The number of aliphatic hydroxyl groups is 1. The van der Waals surface area contributed by atoms with E-state index < -0.39 is 54.7 Å². The zero-order chi connectivity index (χ0) is 18.7. The molecule has 1 aliphatic rings. The maximum atomic E-state index is 11.9. The molecule has 13 heteroatoms. The van der Waals surface area contributed by atoms with E-state index in [1.54, 1.807) is 0 Å². The molecular formula is C14H17N3Na2O8. The van der Waals surface area contributed by atoms with Crippen LogP contribution >= 0.6 is 0 Å². The normalized spacial score (nSPS) is 21.4. The first kappa shape index (κ1) is 26.5. The van der Waals surface area contributed by atoms with Gasteiger partial charge < -0.3 is 29.6 Å². The summed E-state index contributed by atoms with van der Waals surface area (Å²) in [7, 11) is 0. The molecule has 1 aromatic heterocycles. The van der Waals surface area contributed by atoms with Gasteiger partial charge in [0, 0.05) is 37.8 Å². The van der Waals surface area contributed by atoms with Gasteiger partial charge >= 0.3 is 64.8 Å². The van der Waals surface area contributed by atoms with E-state index in [0.717, 1.165) is 9.47 Å². The van der Waals surface area contributed by atoms with Gasteiger partial charge in [0.05, 0.1) is 24.1 Å². The summed E-state index contributed by atoms with van der Waals surface area (Å²) < 4.78 is 6.66. The van der Waals surface area contributed by atoms with Crippen molar-refractivity contribution in [3.8, 4) is 0 Å². The van der Waals surface area contributed by atoms with E-state index in [0.29, 0.717) is 0 Å². The van der Waals surface area contributed by atoms with Gasteiger partial charge in [0.15, 0.2) is 0 Å². The quantitative estimate of drug-likeness (QED) is 0.422. The Morgan fingerprint density at radius 2 is 1.85 bits per heavy atom. The van der Waals surface area contributed by atoms with Gasteiger partial charge in [-0.05, 0) is 6.92 Å². The van der Waals surface area contributed by atoms with Gasteiger partial charge in [-0.2, -0.15) is 0 Å². The molecule has 138 valence electrons. The minimum atomic E-state index is -1.49. The van der Waals surface area contributed by atoms with Crippen LogP contribution < -0.4 is 80.6 Å². The maximum absolute atomic E-state index is 11.9. The van der Waals surface area contributed by atoms with Crippen molar-refractivity contribution < 1.29 is 88.8 Å². The summed E-state index contributed by atoms with van der Waals surface area (Å²) in [6, 6.07) is 0. The molecule has 2 rings (SSSR count). The summed E-state index contributed by atoms with van der Waals surface area (Å²) in [6.07, 6.45) is -1.56. The van der Waals surface area contributed by atoms with E-state index >= 15 is 0 Å². The number of carboxylic acids is 2. The van der Waals surface area contributed by atoms with Crippen molar-refractivity contribution in [3.05, 3.63) is 32.6 Å². The molecule has 11 nitrogen and oxygen atoms in total. The van der Waals surface area contributed by atoms with Crippen molar-refractivity contribution in [1.29, 1.82) is 0 Å². The number of H-pyrrole nitrogens is 1. The smallest absolute Gasteiger partial charge is 0.549 e. The number of carbonyl (C=O) groups is 2. The van der Waals surface area contributed by atoms with Crippen molar-refractivity contribution >= 4 is 11.9 Å². The standard InChI is InChI=1S/C14H19N3O8.2Na/c1-7-3-17(14(24)15-13(7)23)10-2-8(18)9(25-10)4-16(5-11(19)20)6-12(21)22;;/h3,8-10,18H,2,4-6H2,1H3,(H,19,20)(H,21,22)(H,15,23,24);;/q;2*+1/p-2/t8-,9+,10+;;/m0../s1. The number of hydrogen-bond acceptors (Lipinski definition) is 9. The monoisotopic (exact) mass is 401 g/mol. The number of rotatable bonds is 7. The number of carboxylic acid groups (broad SMARTS) is 2. The second kappa shape index (κ2) is 11.5.